The predicted octanol–water partition coefficient (Wildman–Crippen LogP) is 1.39. The number of methoxy groups -OCH3 is 1. The van der Waals surface area contributed by atoms with Crippen LogP contribution in [0.5, 0.6) is 5.75 Å². The van der Waals surface area contributed by atoms with Gasteiger partial charge in [0.1, 0.15) is 5.75 Å². The summed E-state index contributed by atoms with van der Waals surface area (Å²) in [6, 6.07) is 12.5. The summed E-state index contributed by atoms with van der Waals surface area (Å²) in [7, 11) is -0.250. The Bertz CT molecular complexity index is 923. The molecule has 0 bridgehead atoms. The lowest BCUT2D eigenvalue weighted by Gasteiger charge is -2.32. The Hall–Kier alpha value is -2.62. The topological polar surface area (TPSA) is 91.0 Å². The number of hydrogen-bond donors (Lipinski definition) is 2. The van der Waals surface area contributed by atoms with Gasteiger partial charge in [0.25, 0.3) is 15.9 Å². The van der Waals surface area contributed by atoms with Crippen LogP contribution >= 0.6 is 0 Å². The van der Waals surface area contributed by atoms with Crippen LogP contribution in [0.1, 0.15) is 10.4 Å². The molecule has 0 aromatic heterocycles. The van der Waals surface area contributed by atoms with Crippen molar-refractivity contribution in [3.8, 4) is 5.75 Å². The van der Waals surface area contributed by atoms with E-state index in [1.807, 2.05) is 12.1 Å². The summed E-state index contributed by atoms with van der Waals surface area (Å²) in [6.07, 6.45) is 0. The first-order valence-corrected chi connectivity index (χ1v) is 10.4. The second-order valence-electron chi connectivity index (χ2n) is 6.59. The maximum atomic E-state index is 12.7. The van der Waals surface area contributed by atoms with Crippen LogP contribution in [0.4, 0.5) is 5.69 Å². The normalized spacial score (nSPS) is 15.8. The number of carbonyl (C=O) groups excluding carboxylic acids is 1. The quantitative estimate of drug-likeness (QED) is 0.756. The van der Waals surface area contributed by atoms with E-state index < -0.39 is 10.0 Å². The molecule has 0 radical (unpaired) electrons. The second-order valence-corrected chi connectivity index (χ2v) is 8.28. The van der Waals surface area contributed by atoms with Crippen molar-refractivity contribution in [2.24, 2.45) is 0 Å². The molecule has 1 aliphatic rings. The van der Waals surface area contributed by atoms with E-state index in [0.29, 0.717) is 11.4 Å². The molecule has 0 spiro atoms. The van der Waals surface area contributed by atoms with Gasteiger partial charge in [-0.2, -0.15) is 0 Å². The first kappa shape index (κ1) is 20.1. The van der Waals surface area contributed by atoms with Crippen LogP contribution in [0.25, 0.3) is 0 Å². The number of rotatable bonds is 6. The van der Waals surface area contributed by atoms with Crippen LogP contribution in [-0.4, -0.2) is 64.6 Å². The van der Waals surface area contributed by atoms with E-state index in [-0.39, 0.29) is 16.4 Å². The van der Waals surface area contributed by atoms with Gasteiger partial charge in [0, 0.05) is 37.4 Å². The summed E-state index contributed by atoms with van der Waals surface area (Å²) in [5, 5.41) is 1.85. The van der Waals surface area contributed by atoms with Crippen LogP contribution in [0.15, 0.2) is 53.4 Å². The number of amides is 1. The van der Waals surface area contributed by atoms with Gasteiger partial charge in [0.05, 0.1) is 12.0 Å². The fourth-order valence-electron chi connectivity index (χ4n) is 2.80. The first-order valence-electron chi connectivity index (χ1n) is 8.89. The minimum absolute atomic E-state index is 0.0225. The Morgan fingerprint density at radius 3 is 2.36 bits per heavy atom. The molecule has 28 heavy (non-hydrogen) atoms. The Balaban J connectivity index is 1.71. The van der Waals surface area contributed by atoms with E-state index in [9.17, 15) is 13.2 Å². The molecule has 0 atom stereocenters. The summed E-state index contributed by atoms with van der Waals surface area (Å²) >= 11 is 0. The zero-order valence-electron chi connectivity index (χ0n) is 15.9. The molecule has 0 unspecified atom stereocenters. The standard InChI is InChI=1S/C19H24N4O4S/c1-22-10-12-23(13-11-22)20-19(24)15-4-3-5-18(14-15)28(25,26)21-16-6-8-17(27-2)9-7-16/h3-9,14,21H,10-13H2,1-2H3,(H,20,24). The van der Waals surface area contributed by atoms with Crippen LogP contribution in [-0.2, 0) is 10.0 Å². The lowest BCUT2D eigenvalue weighted by atomic mass is 10.2. The summed E-state index contributed by atoms with van der Waals surface area (Å²) < 4.78 is 32.9. The van der Waals surface area contributed by atoms with E-state index in [4.69, 9.17) is 4.74 Å². The third-order valence-corrected chi connectivity index (χ3v) is 5.89. The zero-order valence-corrected chi connectivity index (χ0v) is 16.7. The number of benzene rings is 2. The van der Waals surface area contributed by atoms with Gasteiger partial charge in [-0.05, 0) is 49.5 Å². The van der Waals surface area contributed by atoms with Crippen molar-refractivity contribution in [2.75, 3.05) is 45.1 Å². The molecule has 1 aliphatic heterocycles. The highest BCUT2D eigenvalue weighted by Crippen LogP contribution is 2.20. The van der Waals surface area contributed by atoms with Crippen molar-refractivity contribution in [1.82, 2.24) is 15.3 Å². The molecular weight excluding hydrogens is 380 g/mol. The van der Waals surface area contributed by atoms with Crippen molar-refractivity contribution in [3.63, 3.8) is 0 Å². The van der Waals surface area contributed by atoms with E-state index >= 15 is 0 Å². The molecule has 1 amide bonds. The van der Waals surface area contributed by atoms with E-state index in [0.717, 1.165) is 26.2 Å². The number of piperazine rings is 1. The molecule has 150 valence electrons. The molecule has 9 heteroatoms. The van der Waals surface area contributed by atoms with Crippen molar-refractivity contribution < 1.29 is 17.9 Å². The van der Waals surface area contributed by atoms with Gasteiger partial charge in [-0.25, -0.2) is 13.4 Å². The van der Waals surface area contributed by atoms with Crippen LogP contribution in [0.2, 0.25) is 0 Å². The Morgan fingerprint density at radius 1 is 1.04 bits per heavy atom. The number of ether oxygens (including phenoxy) is 1. The predicted molar refractivity (Wildman–Crippen MR) is 107 cm³/mol. The maximum absolute atomic E-state index is 12.7. The fourth-order valence-corrected chi connectivity index (χ4v) is 3.91. The number of nitrogens with one attached hydrogen (secondary N) is 2. The molecule has 3 rings (SSSR count). The number of sulfonamides is 1. The monoisotopic (exact) mass is 404 g/mol. The molecule has 2 N–H and O–H groups in total. The van der Waals surface area contributed by atoms with E-state index in [1.165, 1.54) is 19.2 Å². The second kappa shape index (κ2) is 8.59. The van der Waals surface area contributed by atoms with Gasteiger partial charge in [-0.3, -0.25) is 14.9 Å². The third kappa shape index (κ3) is 5.00. The number of hydrazine groups is 1. The van der Waals surface area contributed by atoms with Gasteiger partial charge >= 0.3 is 0 Å². The molecular formula is C19H24N4O4S. The SMILES string of the molecule is COc1ccc(NS(=O)(=O)c2cccc(C(=O)NN3CCN(C)CC3)c2)cc1. The minimum atomic E-state index is -3.82. The maximum Gasteiger partial charge on any atom is 0.265 e. The van der Waals surface area contributed by atoms with Crippen LogP contribution in [0.3, 0.4) is 0 Å². The highest BCUT2D eigenvalue weighted by Gasteiger charge is 2.19. The highest BCUT2D eigenvalue weighted by atomic mass is 32.2. The summed E-state index contributed by atoms with van der Waals surface area (Å²) in [5.74, 6) is 0.302. The average Bonchev–Trinajstić information content (AvgIpc) is 2.70. The summed E-state index contributed by atoms with van der Waals surface area (Å²) in [5.41, 5.74) is 3.53. The third-order valence-electron chi connectivity index (χ3n) is 4.51. The molecule has 1 fully saturated rings. The van der Waals surface area contributed by atoms with Crippen LogP contribution in [0, 0.1) is 0 Å². The lowest BCUT2D eigenvalue weighted by Crippen LogP contribution is -2.52. The fraction of sp³-hybridized carbons (Fsp3) is 0.316. The summed E-state index contributed by atoms with van der Waals surface area (Å²) in [4.78, 5) is 14.7. The molecule has 1 heterocycles. The van der Waals surface area contributed by atoms with Gasteiger partial charge in [-0.15, -0.1) is 0 Å². The number of hydrogen-bond acceptors (Lipinski definition) is 6. The Morgan fingerprint density at radius 2 is 1.71 bits per heavy atom. The zero-order chi connectivity index (χ0) is 20.1. The highest BCUT2D eigenvalue weighted by molar-refractivity contribution is 7.92. The number of carbonyl (C=O) groups is 1. The van der Waals surface area contributed by atoms with Crippen molar-refractivity contribution in [2.45, 2.75) is 4.90 Å². The van der Waals surface area contributed by atoms with E-state index in [1.54, 1.807) is 36.4 Å². The lowest BCUT2D eigenvalue weighted by molar-refractivity contribution is 0.0662. The molecule has 0 aliphatic carbocycles. The molecule has 1 saturated heterocycles. The molecule has 2 aromatic rings. The van der Waals surface area contributed by atoms with Gasteiger partial charge < -0.3 is 9.64 Å². The average molecular weight is 404 g/mol. The van der Waals surface area contributed by atoms with E-state index in [2.05, 4.69) is 15.0 Å². The smallest absolute Gasteiger partial charge is 0.265 e. The van der Waals surface area contributed by atoms with Gasteiger partial charge in [-0.1, -0.05) is 6.07 Å². The van der Waals surface area contributed by atoms with Gasteiger partial charge in [0.15, 0.2) is 0 Å². The Kier molecular flexibility index (Phi) is 6.18. The largest absolute Gasteiger partial charge is 0.497 e. The van der Waals surface area contributed by atoms with Crippen molar-refractivity contribution >= 4 is 21.6 Å². The van der Waals surface area contributed by atoms with Gasteiger partial charge in [0.2, 0.25) is 0 Å². The molecule has 2 aromatic carbocycles. The first-order chi connectivity index (χ1) is 13.4. The summed E-state index contributed by atoms with van der Waals surface area (Å²) in [6.45, 7) is 3.17. The molecule has 0 saturated carbocycles. The van der Waals surface area contributed by atoms with Crippen LogP contribution < -0.4 is 14.9 Å². The number of anilines is 1. The van der Waals surface area contributed by atoms with Crippen molar-refractivity contribution in [1.29, 1.82) is 0 Å². The number of nitrogens with zero attached hydrogens (tertiary/aromatic N) is 2. The minimum Gasteiger partial charge on any atom is -0.497 e. The molecule has 8 nitrogen and oxygen atoms in total. The Labute approximate surface area is 165 Å². The number of likely N-dealkylation sites (N-methyl/N-ethyl adjacent to an activating group) is 1. The van der Waals surface area contributed by atoms with Crippen molar-refractivity contribution in [3.05, 3.63) is 54.1 Å².